The van der Waals surface area contributed by atoms with Crippen molar-refractivity contribution in [2.45, 2.75) is 58.9 Å². The van der Waals surface area contributed by atoms with E-state index in [9.17, 15) is 4.79 Å². The summed E-state index contributed by atoms with van der Waals surface area (Å²) in [5.74, 6) is 0.998. The third-order valence-electron chi connectivity index (χ3n) is 6.60. The molecule has 1 aromatic carbocycles. The van der Waals surface area contributed by atoms with Gasteiger partial charge in [0.15, 0.2) is 0 Å². The topological polar surface area (TPSA) is 52.2 Å². The maximum Gasteiger partial charge on any atom is 0.222 e. The van der Waals surface area contributed by atoms with Crippen LogP contribution in [-0.4, -0.2) is 52.1 Å². The lowest BCUT2D eigenvalue weighted by atomic mass is 9.92. The minimum atomic E-state index is 0.367. The molecule has 5 heteroatoms. The van der Waals surface area contributed by atoms with E-state index in [1.165, 1.54) is 47.9 Å². The molecule has 1 atom stereocenters. The number of likely N-dealkylation sites (tertiary alicyclic amines) is 2. The van der Waals surface area contributed by atoms with Crippen molar-refractivity contribution < 1.29 is 4.79 Å². The number of H-pyrrole nitrogens is 1. The van der Waals surface area contributed by atoms with Crippen LogP contribution >= 0.6 is 0 Å². The number of amides is 1. The summed E-state index contributed by atoms with van der Waals surface area (Å²) in [5, 5.41) is 7.59. The Labute approximate surface area is 174 Å². The summed E-state index contributed by atoms with van der Waals surface area (Å²) in [6.07, 6.45) is 8.56. The number of rotatable bonds is 6. The average molecular weight is 395 g/mol. The van der Waals surface area contributed by atoms with Gasteiger partial charge in [0, 0.05) is 43.7 Å². The van der Waals surface area contributed by atoms with E-state index in [0.29, 0.717) is 11.8 Å². The molecule has 0 bridgehead atoms. The van der Waals surface area contributed by atoms with E-state index in [2.05, 4.69) is 52.0 Å². The molecule has 1 amide bonds. The van der Waals surface area contributed by atoms with Crippen LogP contribution in [0, 0.1) is 19.8 Å². The van der Waals surface area contributed by atoms with E-state index in [4.69, 9.17) is 0 Å². The van der Waals surface area contributed by atoms with Crippen molar-refractivity contribution in [2.24, 2.45) is 5.92 Å². The number of benzene rings is 1. The van der Waals surface area contributed by atoms with Crippen LogP contribution in [0.4, 0.5) is 0 Å². The van der Waals surface area contributed by atoms with Crippen molar-refractivity contribution in [3.63, 3.8) is 0 Å². The second kappa shape index (κ2) is 9.12. The Hall–Kier alpha value is -2.14. The zero-order valence-corrected chi connectivity index (χ0v) is 17.9. The Morgan fingerprint density at radius 3 is 2.83 bits per heavy atom. The van der Waals surface area contributed by atoms with E-state index >= 15 is 0 Å². The van der Waals surface area contributed by atoms with Gasteiger partial charge in [0.05, 0.1) is 11.9 Å². The van der Waals surface area contributed by atoms with E-state index < -0.39 is 0 Å². The van der Waals surface area contributed by atoms with Gasteiger partial charge in [-0.15, -0.1) is 0 Å². The van der Waals surface area contributed by atoms with Crippen LogP contribution in [-0.2, 0) is 11.3 Å². The van der Waals surface area contributed by atoms with Crippen LogP contribution < -0.4 is 0 Å². The Balaban J connectivity index is 1.36. The van der Waals surface area contributed by atoms with Crippen LogP contribution in [0.1, 0.15) is 55.2 Å². The molecular weight excluding hydrogens is 360 g/mol. The third-order valence-corrected chi connectivity index (χ3v) is 6.60. The molecule has 156 valence electrons. The minimum absolute atomic E-state index is 0.367. The molecule has 2 saturated heterocycles. The molecule has 2 fully saturated rings. The fourth-order valence-electron chi connectivity index (χ4n) is 4.89. The number of carbonyl (C=O) groups is 1. The minimum Gasteiger partial charge on any atom is -0.343 e. The van der Waals surface area contributed by atoms with Crippen molar-refractivity contribution in [3.8, 4) is 11.3 Å². The van der Waals surface area contributed by atoms with Gasteiger partial charge >= 0.3 is 0 Å². The molecule has 0 aliphatic carbocycles. The van der Waals surface area contributed by atoms with E-state index in [1.54, 1.807) is 0 Å². The molecular formula is C24H34N4O. The first kappa shape index (κ1) is 20.1. The Bertz CT molecular complexity index is 837. The van der Waals surface area contributed by atoms with Crippen LogP contribution in [0.3, 0.4) is 0 Å². The third kappa shape index (κ3) is 4.89. The van der Waals surface area contributed by atoms with Crippen LogP contribution in [0.25, 0.3) is 11.3 Å². The summed E-state index contributed by atoms with van der Waals surface area (Å²) in [5.41, 5.74) is 6.22. The molecule has 2 aliphatic heterocycles. The molecule has 4 rings (SSSR count). The normalized spacial score (nSPS) is 20.3. The predicted octanol–water partition coefficient (Wildman–Crippen LogP) is 4.31. The highest BCUT2D eigenvalue weighted by Gasteiger charge is 2.24. The van der Waals surface area contributed by atoms with Gasteiger partial charge in [-0.05, 0) is 70.0 Å². The second-order valence-corrected chi connectivity index (χ2v) is 8.96. The number of nitrogens with zero attached hydrogens (tertiary/aromatic N) is 3. The van der Waals surface area contributed by atoms with Gasteiger partial charge in [-0.25, -0.2) is 0 Å². The number of hydrogen-bond donors (Lipinski definition) is 1. The summed E-state index contributed by atoms with van der Waals surface area (Å²) in [6.45, 7) is 9.38. The summed E-state index contributed by atoms with van der Waals surface area (Å²) in [7, 11) is 0. The van der Waals surface area contributed by atoms with Gasteiger partial charge in [-0.1, -0.05) is 17.7 Å². The average Bonchev–Trinajstić information content (AvgIpc) is 3.41. The maximum absolute atomic E-state index is 12.4. The first-order valence-electron chi connectivity index (χ1n) is 11.2. The van der Waals surface area contributed by atoms with Gasteiger partial charge in [0.25, 0.3) is 0 Å². The number of aromatic amines is 1. The first-order chi connectivity index (χ1) is 14.1. The van der Waals surface area contributed by atoms with E-state index in [-0.39, 0.29) is 0 Å². The second-order valence-electron chi connectivity index (χ2n) is 8.96. The molecule has 0 radical (unpaired) electrons. The quantitative estimate of drug-likeness (QED) is 0.794. The molecule has 1 unspecified atom stereocenters. The highest BCUT2D eigenvalue weighted by atomic mass is 16.2. The van der Waals surface area contributed by atoms with Crippen molar-refractivity contribution in [3.05, 3.63) is 41.1 Å². The summed E-state index contributed by atoms with van der Waals surface area (Å²) in [6, 6.07) is 6.59. The fourth-order valence-corrected chi connectivity index (χ4v) is 4.89. The highest BCUT2D eigenvalue weighted by Crippen LogP contribution is 2.29. The number of carbonyl (C=O) groups excluding carboxylic acids is 1. The Morgan fingerprint density at radius 1 is 1.17 bits per heavy atom. The van der Waals surface area contributed by atoms with E-state index in [1.807, 2.05) is 6.20 Å². The first-order valence-corrected chi connectivity index (χ1v) is 11.2. The molecule has 0 spiro atoms. The Morgan fingerprint density at radius 2 is 2.00 bits per heavy atom. The Kier molecular flexibility index (Phi) is 6.34. The van der Waals surface area contributed by atoms with Gasteiger partial charge in [-0.2, -0.15) is 5.10 Å². The highest BCUT2D eigenvalue weighted by molar-refractivity contribution is 5.76. The van der Waals surface area contributed by atoms with Crippen LogP contribution in [0.15, 0.2) is 24.4 Å². The molecule has 0 saturated carbocycles. The lowest BCUT2D eigenvalue weighted by Crippen LogP contribution is -2.36. The maximum atomic E-state index is 12.4. The van der Waals surface area contributed by atoms with Gasteiger partial charge < -0.3 is 4.90 Å². The van der Waals surface area contributed by atoms with Crippen molar-refractivity contribution in [2.75, 3.05) is 26.2 Å². The predicted molar refractivity (Wildman–Crippen MR) is 117 cm³/mol. The lowest BCUT2D eigenvalue weighted by molar-refractivity contribution is -0.130. The van der Waals surface area contributed by atoms with Crippen LogP contribution in [0.5, 0.6) is 0 Å². The molecule has 3 heterocycles. The zero-order valence-electron chi connectivity index (χ0n) is 17.9. The molecule has 5 nitrogen and oxygen atoms in total. The summed E-state index contributed by atoms with van der Waals surface area (Å²) < 4.78 is 0. The largest absolute Gasteiger partial charge is 0.343 e. The van der Waals surface area contributed by atoms with E-state index in [0.717, 1.165) is 51.3 Å². The molecule has 1 N–H and O–H groups in total. The summed E-state index contributed by atoms with van der Waals surface area (Å²) in [4.78, 5) is 17.0. The van der Waals surface area contributed by atoms with Gasteiger partial charge in [0.1, 0.15) is 0 Å². The molecule has 2 aromatic rings. The number of aromatic nitrogens is 2. The number of aryl methyl sites for hydroxylation is 2. The SMILES string of the molecule is Cc1ccc(C)c(-c2[nH]ncc2CN2CCCC(CCC(=O)N3CCCC3)C2)c1. The molecule has 2 aliphatic rings. The number of piperidine rings is 1. The fraction of sp³-hybridized carbons (Fsp3) is 0.583. The van der Waals surface area contributed by atoms with Crippen molar-refractivity contribution >= 4 is 5.91 Å². The summed E-state index contributed by atoms with van der Waals surface area (Å²) >= 11 is 0. The monoisotopic (exact) mass is 394 g/mol. The van der Waals surface area contributed by atoms with Crippen LogP contribution in [0.2, 0.25) is 0 Å². The standard InChI is InChI=1S/C24H34N4O/c1-18-7-8-19(2)22(14-18)24-21(15-25-26-24)17-27-11-5-6-20(16-27)9-10-23(29)28-12-3-4-13-28/h7-8,14-15,20H,3-6,9-13,16-17H2,1-2H3,(H,25,26). The molecule has 29 heavy (non-hydrogen) atoms. The van der Waals surface area contributed by atoms with Gasteiger partial charge in [0.2, 0.25) is 5.91 Å². The lowest BCUT2D eigenvalue weighted by Gasteiger charge is -2.33. The zero-order chi connectivity index (χ0) is 20.2. The van der Waals surface area contributed by atoms with Gasteiger partial charge in [-0.3, -0.25) is 14.8 Å². The van der Waals surface area contributed by atoms with Crippen molar-refractivity contribution in [1.82, 2.24) is 20.0 Å². The smallest absolute Gasteiger partial charge is 0.222 e. The number of hydrogen-bond acceptors (Lipinski definition) is 3. The number of nitrogens with one attached hydrogen (secondary N) is 1. The molecule has 1 aromatic heterocycles. The van der Waals surface area contributed by atoms with Crippen molar-refractivity contribution in [1.29, 1.82) is 0 Å².